The van der Waals surface area contributed by atoms with Crippen molar-refractivity contribution in [2.45, 2.75) is 19.8 Å². The third-order valence-corrected chi connectivity index (χ3v) is 2.61. The zero-order valence-electron chi connectivity index (χ0n) is 8.59. The van der Waals surface area contributed by atoms with E-state index in [1.54, 1.807) is 12.1 Å². The molecule has 0 spiro atoms. The first-order chi connectivity index (χ1) is 7.15. The number of halogens is 1. The van der Waals surface area contributed by atoms with Crippen LogP contribution in [0.25, 0.3) is 0 Å². The number of carbonyl (C=O) groups excluding carboxylic acids is 1. The molecule has 0 aromatic carbocycles. The molecule has 0 saturated heterocycles. The summed E-state index contributed by atoms with van der Waals surface area (Å²) in [4.78, 5) is 15.6. The van der Waals surface area contributed by atoms with Crippen LogP contribution in [0.4, 0.5) is 0 Å². The summed E-state index contributed by atoms with van der Waals surface area (Å²) in [7, 11) is 0. The molecule has 1 amide bonds. The first kappa shape index (κ1) is 10.4. The van der Waals surface area contributed by atoms with Crippen molar-refractivity contribution < 1.29 is 4.79 Å². The van der Waals surface area contributed by atoms with E-state index in [-0.39, 0.29) is 5.91 Å². The zero-order valence-corrected chi connectivity index (χ0v) is 9.34. The minimum Gasteiger partial charge on any atom is -0.350 e. The second-order valence-electron chi connectivity index (χ2n) is 4.01. The average Bonchev–Trinajstić information content (AvgIpc) is 2.96. The number of pyridine rings is 1. The maximum Gasteiger partial charge on any atom is 0.269 e. The number of nitrogens with one attached hydrogen (secondary N) is 1. The van der Waals surface area contributed by atoms with Gasteiger partial charge in [-0.3, -0.25) is 4.79 Å². The van der Waals surface area contributed by atoms with Crippen LogP contribution in [0.5, 0.6) is 0 Å². The summed E-state index contributed by atoms with van der Waals surface area (Å²) in [6.07, 6.45) is 2.45. The number of nitrogens with zero attached hydrogens (tertiary/aromatic N) is 1. The zero-order chi connectivity index (χ0) is 10.8. The smallest absolute Gasteiger partial charge is 0.269 e. The molecule has 1 aliphatic carbocycles. The number of amides is 1. The van der Waals surface area contributed by atoms with E-state index in [1.165, 1.54) is 12.8 Å². The summed E-state index contributed by atoms with van der Waals surface area (Å²) < 4.78 is 0. The van der Waals surface area contributed by atoms with Crippen LogP contribution in [0.15, 0.2) is 12.1 Å². The van der Waals surface area contributed by atoms with Crippen molar-refractivity contribution in [1.82, 2.24) is 10.3 Å². The fourth-order valence-corrected chi connectivity index (χ4v) is 1.65. The van der Waals surface area contributed by atoms with Crippen molar-refractivity contribution in [1.29, 1.82) is 0 Å². The monoisotopic (exact) mass is 224 g/mol. The highest BCUT2D eigenvalue weighted by Gasteiger charge is 2.22. The third-order valence-electron chi connectivity index (χ3n) is 2.42. The Morgan fingerprint density at radius 2 is 2.33 bits per heavy atom. The van der Waals surface area contributed by atoms with E-state index in [1.807, 2.05) is 6.92 Å². The maximum atomic E-state index is 11.6. The molecule has 1 aromatic heterocycles. The van der Waals surface area contributed by atoms with E-state index in [0.29, 0.717) is 16.8 Å². The average molecular weight is 225 g/mol. The SMILES string of the molecule is Cc1cc(Cl)nc(C(=O)NCC2CC2)c1. The molecule has 0 unspecified atom stereocenters. The van der Waals surface area contributed by atoms with Crippen LogP contribution in [0, 0.1) is 12.8 Å². The molecule has 2 rings (SSSR count). The predicted octanol–water partition coefficient (Wildman–Crippen LogP) is 2.18. The van der Waals surface area contributed by atoms with Gasteiger partial charge in [-0.1, -0.05) is 11.6 Å². The van der Waals surface area contributed by atoms with Crippen molar-refractivity contribution >= 4 is 17.5 Å². The molecule has 1 aromatic rings. The number of aromatic nitrogens is 1. The second-order valence-corrected chi connectivity index (χ2v) is 4.39. The third kappa shape index (κ3) is 2.93. The summed E-state index contributed by atoms with van der Waals surface area (Å²) in [5, 5.41) is 3.22. The van der Waals surface area contributed by atoms with Crippen LogP contribution < -0.4 is 5.32 Å². The van der Waals surface area contributed by atoms with Gasteiger partial charge < -0.3 is 5.32 Å². The lowest BCUT2D eigenvalue weighted by Crippen LogP contribution is -2.26. The standard InChI is InChI=1S/C11H13ClN2O/c1-7-4-9(14-10(12)5-7)11(15)13-6-8-2-3-8/h4-5,8H,2-3,6H2,1H3,(H,13,15). The normalized spacial score (nSPS) is 15.1. The van der Waals surface area contributed by atoms with Gasteiger partial charge in [0.1, 0.15) is 10.8 Å². The van der Waals surface area contributed by atoms with Crippen molar-refractivity contribution in [3.63, 3.8) is 0 Å². The van der Waals surface area contributed by atoms with Gasteiger partial charge in [-0.15, -0.1) is 0 Å². The first-order valence-electron chi connectivity index (χ1n) is 5.07. The largest absolute Gasteiger partial charge is 0.350 e. The van der Waals surface area contributed by atoms with E-state index >= 15 is 0 Å². The Bertz CT molecular complexity index is 368. The van der Waals surface area contributed by atoms with Gasteiger partial charge in [-0.2, -0.15) is 0 Å². The lowest BCUT2D eigenvalue weighted by Gasteiger charge is -2.04. The first-order valence-corrected chi connectivity index (χ1v) is 5.45. The van der Waals surface area contributed by atoms with Crippen LogP contribution >= 0.6 is 11.6 Å². The Balaban J connectivity index is 2.02. The highest BCUT2D eigenvalue weighted by atomic mass is 35.5. The van der Waals surface area contributed by atoms with Crippen molar-refractivity contribution in [2.75, 3.05) is 6.54 Å². The summed E-state index contributed by atoms with van der Waals surface area (Å²) in [5.74, 6) is 0.543. The molecule has 0 atom stereocenters. The summed E-state index contributed by atoms with van der Waals surface area (Å²) >= 11 is 5.78. The molecule has 0 bridgehead atoms. The molecule has 4 heteroatoms. The molecular weight excluding hydrogens is 212 g/mol. The number of hydrogen-bond acceptors (Lipinski definition) is 2. The molecule has 0 aliphatic heterocycles. The van der Waals surface area contributed by atoms with Gasteiger partial charge in [0.15, 0.2) is 0 Å². The predicted molar refractivity (Wildman–Crippen MR) is 59.0 cm³/mol. The van der Waals surface area contributed by atoms with Crippen molar-refractivity contribution in [3.8, 4) is 0 Å². The highest BCUT2D eigenvalue weighted by molar-refractivity contribution is 6.29. The van der Waals surface area contributed by atoms with E-state index in [2.05, 4.69) is 10.3 Å². The Morgan fingerprint density at radius 1 is 1.60 bits per heavy atom. The molecule has 1 aliphatic rings. The minimum atomic E-state index is -0.132. The molecular formula is C11H13ClN2O. The highest BCUT2D eigenvalue weighted by Crippen LogP contribution is 2.27. The number of carbonyl (C=O) groups is 1. The van der Waals surface area contributed by atoms with Gasteiger partial charge in [0.25, 0.3) is 5.91 Å². The van der Waals surface area contributed by atoms with E-state index in [4.69, 9.17) is 11.6 Å². The summed E-state index contributed by atoms with van der Waals surface area (Å²) in [6, 6.07) is 3.48. The van der Waals surface area contributed by atoms with Crippen molar-refractivity contribution in [3.05, 3.63) is 28.5 Å². The molecule has 1 heterocycles. The van der Waals surface area contributed by atoms with Gasteiger partial charge in [-0.05, 0) is 43.4 Å². The Hall–Kier alpha value is -1.09. The number of aryl methyl sites for hydroxylation is 1. The van der Waals surface area contributed by atoms with Crippen molar-refractivity contribution in [2.24, 2.45) is 5.92 Å². The van der Waals surface area contributed by atoms with Gasteiger partial charge in [0.2, 0.25) is 0 Å². The number of rotatable bonds is 3. The fraction of sp³-hybridized carbons (Fsp3) is 0.455. The lowest BCUT2D eigenvalue weighted by atomic mass is 10.2. The van der Waals surface area contributed by atoms with Crippen LogP contribution in [-0.2, 0) is 0 Å². The Morgan fingerprint density at radius 3 is 2.93 bits per heavy atom. The van der Waals surface area contributed by atoms with Gasteiger partial charge >= 0.3 is 0 Å². The quantitative estimate of drug-likeness (QED) is 0.800. The topological polar surface area (TPSA) is 42.0 Å². The molecule has 15 heavy (non-hydrogen) atoms. The van der Waals surface area contributed by atoms with Crippen LogP contribution in [0.1, 0.15) is 28.9 Å². The molecule has 80 valence electrons. The molecule has 3 nitrogen and oxygen atoms in total. The molecule has 1 saturated carbocycles. The Labute approximate surface area is 93.8 Å². The summed E-state index contributed by atoms with van der Waals surface area (Å²) in [5.41, 5.74) is 1.35. The van der Waals surface area contributed by atoms with Crippen LogP contribution in [-0.4, -0.2) is 17.4 Å². The van der Waals surface area contributed by atoms with Gasteiger partial charge in [0.05, 0.1) is 0 Å². The molecule has 1 N–H and O–H groups in total. The minimum absolute atomic E-state index is 0.132. The van der Waals surface area contributed by atoms with Gasteiger partial charge in [0, 0.05) is 6.54 Å². The summed E-state index contributed by atoms with van der Waals surface area (Å²) in [6.45, 7) is 2.65. The van der Waals surface area contributed by atoms with Crippen LogP contribution in [0.3, 0.4) is 0 Å². The fourth-order valence-electron chi connectivity index (χ4n) is 1.39. The molecule has 0 radical (unpaired) electrons. The van der Waals surface area contributed by atoms with E-state index < -0.39 is 0 Å². The lowest BCUT2D eigenvalue weighted by molar-refractivity contribution is 0.0946. The van der Waals surface area contributed by atoms with E-state index in [0.717, 1.165) is 12.1 Å². The Kier molecular flexibility index (Phi) is 2.91. The molecule has 1 fully saturated rings. The van der Waals surface area contributed by atoms with Gasteiger partial charge in [-0.25, -0.2) is 4.98 Å². The number of hydrogen-bond donors (Lipinski definition) is 1. The second kappa shape index (κ2) is 4.19. The maximum absolute atomic E-state index is 11.6. The van der Waals surface area contributed by atoms with E-state index in [9.17, 15) is 4.79 Å². The van der Waals surface area contributed by atoms with Crippen LogP contribution in [0.2, 0.25) is 5.15 Å².